The zero-order chi connectivity index (χ0) is 12.5. The van der Waals surface area contributed by atoms with Gasteiger partial charge in [0.1, 0.15) is 11.6 Å². The average Bonchev–Trinajstić information content (AvgIpc) is 2.12. The fourth-order valence-corrected chi connectivity index (χ4v) is 1.31. The standard InChI is InChI=1S/C11H14F2N2O/c1-11(2,3)15(6-16)10-5-7(12)9(14)4-8(10)13/h4-6H,14H2,1-3H3. The molecule has 1 aromatic carbocycles. The molecule has 0 radical (unpaired) electrons. The van der Waals surface area contributed by atoms with Crippen LogP contribution in [0, 0.1) is 11.6 Å². The summed E-state index contributed by atoms with van der Waals surface area (Å²) in [4.78, 5) is 12.0. The Morgan fingerprint density at radius 3 is 2.25 bits per heavy atom. The quantitative estimate of drug-likeness (QED) is 0.623. The molecule has 16 heavy (non-hydrogen) atoms. The van der Waals surface area contributed by atoms with Crippen LogP contribution in [0.1, 0.15) is 20.8 Å². The maximum Gasteiger partial charge on any atom is 0.214 e. The SMILES string of the molecule is CC(C)(C)N(C=O)c1cc(F)c(N)cc1F. The van der Waals surface area contributed by atoms with Crippen LogP contribution in [0.5, 0.6) is 0 Å². The lowest BCUT2D eigenvalue weighted by Crippen LogP contribution is -2.41. The van der Waals surface area contributed by atoms with Gasteiger partial charge in [-0.1, -0.05) is 0 Å². The molecule has 0 heterocycles. The van der Waals surface area contributed by atoms with E-state index in [1.165, 1.54) is 0 Å². The molecule has 0 aliphatic carbocycles. The second-order valence-electron chi connectivity index (χ2n) is 4.47. The molecule has 1 rings (SSSR count). The van der Waals surface area contributed by atoms with Crippen LogP contribution < -0.4 is 10.6 Å². The van der Waals surface area contributed by atoms with Gasteiger partial charge in [-0.05, 0) is 20.8 Å². The first-order chi connectivity index (χ1) is 7.27. The number of rotatable bonds is 2. The lowest BCUT2D eigenvalue weighted by Gasteiger charge is -2.32. The molecule has 0 fully saturated rings. The number of hydrogen-bond donors (Lipinski definition) is 1. The second-order valence-corrected chi connectivity index (χ2v) is 4.47. The van der Waals surface area contributed by atoms with Crippen molar-refractivity contribution in [3.63, 3.8) is 0 Å². The van der Waals surface area contributed by atoms with Crippen LogP contribution in [0.4, 0.5) is 20.2 Å². The molecule has 0 aliphatic rings. The first-order valence-electron chi connectivity index (χ1n) is 4.76. The largest absolute Gasteiger partial charge is 0.396 e. The monoisotopic (exact) mass is 228 g/mol. The highest BCUT2D eigenvalue weighted by Crippen LogP contribution is 2.28. The molecule has 0 bridgehead atoms. The molecular weight excluding hydrogens is 214 g/mol. The van der Waals surface area contributed by atoms with E-state index in [4.69, 9.17) is 5.73 Å². The minimum Gasteiger partial charge on any atom is -0.396 e. The maximum atomic E-state index is 13.6. The number of nitrogens with two attached hydrogens (primary N) is 1. The molecule has 0 unspecified atom stereocenters. The first kappa shape index (κ1) is 12.4. The summed E-state index contributed by atoms with van der Waals surface area (Å²) in [6.07, 6.45) is 0.466. The highest BCUT2D eigenvalue weighted by atomic mass is 19.1. The Bertz CT molecular complexity index is 413. The number of carbonyl (C=O) groups excluding carboxylic acids is 1. The van der Waals surface area contributed by atoms with E-state index in [2.05, 4.69) is 0 Å². The average molecular weight is 228 g/mol. The Kier molecular flexibility index (Phi) is 3.16. The van der Waals surface area contributed by atoms with Crippen molar-refractivity contribution in [3.8, 4) is 0 Å². The fourth-order valence-electron chi connectivity index (χ4n) is 1.31. The van der Waals surface area contributed by atoms with E-state index in [0.29, 0.717) is 6.41 Å². The van der Waals surface area contributed by atoms with Crippen molar-refractivity contribution < 1.29 is 13.6 Å². The Hall–Kier alpha value is -1.65. The highest BCUT2D eigenvalue weighted by Gasteiger charge is 2.24. The summed E-state index contributed by atoms with van der Waals surface area (Å²) in [6, 6.07) is 1.79. The van der Waals surface area contributed by atoms with Crippen LogP contribution in [0.15, 0.2) is 12.1 Å². The van der Waals surface area contributed by atoms with Crippen molar-refractivity contribution in [1.29, 1.82) is 0 Å². The van der Waals surface area contributed by atoms with Crippen molar-refractivity contribution in [2.45, 2.75) is 26.3 Å². The van der Waals surface area contributed by atoms with Crippen LogP contribution in [0.3, 0.4) is 0 Å². The van der Waals surface area contributed by atoms with Gasteiger partial charge >= 0.3 is 0 Å². The van der Waals surface area contributed by atoms with E-state index in [0.717, 1.165) is 17.0 Å². The summed E-state index contributed by atoms with van der Waals surface area (Å²) in [7, 11) is 0. The van der Waals surface area contributed by atoms with E-state index in [9.17, 15) is 13.6 Å². The third-order valence-corrected chi connectivity index (χ3v) is 2.15. The van der Waals surface area contributed by atoms with Gasteiger partial charge in [0.15, 0.2) is 0 Å². The van der Waals surface area contributed by atoms with Crippen LogP contribution in [0.25, 0.3) is 0 Å². The predicted octanol–water partition coefficient (Wildman–Crippen LogP) is 2.31. The minimum atomic E-state index is -0.743. The molecule has 0 saturated carbocycles. The van der Waals surface area contributed by atoms with Crippen LogP contribution in [0.2, 0.25) is 0 Å². The number of nitrogen functional groups attached to an aromatic ring is 1. The Balaban J connectivity index is 3.31. The van der Waals surface area contributed by atoms with Crippen LogP contribution in [-0.2, 0) is 4.79 Å². The number of halogens is 2. The summed E-state index contributed by atoms with van der Waals surface area (Å²) in [5, 5.41) is 0. The Labute approximate surface area is 92.8 Å². The zero-order valence-corrected chi connectivity index (χ0v) is 9.42. The van der Waals surface area contributed by atoms with Gasteiger partial charge in [0.2, 0.25) is 6.41 Å². The maximum absolute atomic E-state index is 13.6. The molecule has 1 aromatic rings. The Morgan fingerprint density at radius 1 is 1.25 bits per heavy atom. The van der Waals surface area contributed by atoms with Gasteiger partial charge in [-0.2, -0.15) is 0 Å². The molecule has 3 nitrogen and oxygen atoms in total. The molecule has 2 N–H and O–H groups in total. The van der Waals surface area contributed by atoms with Crippen molar-refractivity contribution in [1.82, 2.24) is 0 Å². The van der Waals surface area contributed by atoms with Crippen molar-refractivity contribution in [3.05, 3.63) is 23.8 Å². The molecule has 0 spiro atoms. The number of carbonyl (C=O) groups is 1. The molecule has 0 atom stereocenters. The summed E-state index contributed by atoms with van der Waals surface area (Å²) in [5.74, 6) is -1.46. The summed E-state index contributed by atoms with van der Waals surface area (Å²) < 4.78 is 26.8. The van der Waals surface area contributed by atoms with Crippen LogP contribution in [-0.4, -0.2) is 11.9 Å². The van der Waals surface area contributed by atoms with Crippen molar-refractivity contribution in [2.75, 3.05) is 10.6 Å². The third-order valence-electron chi connectivity index (χ3n) is 2.15. The second kappa shape index (κ2) is 4.08. The van der Waals surface area contributed by atoms with Gasteiger partial charge < -0.3 is 10.6 Å². The lowest BCUT2D eigenvalue weighted by molar-refractivity contribution is -0.108. The number of hydrogen-bond acceptors (Lipinski definition) is 2. The zero-order valence-electron chi connectivity index (χ0n) is 9.42. The summed E-state index contributed by atoms with van der Waals surface area (Å²) >= 11 is 0. The van der Waals surface area contributed by atoms with Gasteiger partial charge in [0.25, 0.3) is 0 Å². The molecule has 0 aromatic heterocycles. The van der Waals surface area contributed by atoms with Gasteiger partial charge in [-0.15, -0.1) is 0 Å². The molecule has 0 saturated heterocycles. The van der Waals surface area contributed by atoms with E-state index < -0.39 is 17.2 Å². The van der Waals surface area contributed by atoms with Gasteiger partial charge in [-0.3, -0.25) is 4.79 Å². The van der Waals surface area contributed by atoms with Gasteiger partial charge in [0.05, 0.1) is 11.4 Å². The van der Waals surface area contributed by atoms with Crippen LogP contribution >= 0.6 is 0 Å². The number of nitrogens with zero attached hydrogens (tertiary/aromatic N) is 1. The number of amides is 1. The lowest BCUT2D eigenvalue weighted by atomic mass is 10.1. The molecule has 1 amide bonds. The Morgan fingerprint density at radius 2 is 1.81 bits per heavy atom. The normalized spacial score (nSPS) is 11.3. The molecule has 0 aliphatic heterocycles. The third kappa shape index (κ3) is 2.29. The summed E-state index contributed by atoms with van der Waals surface area (Å²) in [5.41, 5.74) is 4.19. The minimum absolute atomic E-state index is 0.116. The van der Waals surface area contributed by atoms with Crippen molar-refractivity contribution >= 4 is 17.8 Å². The fraction of sp³-hybridized carbons (Fsp3) is 0.364. The van der Waals surface area contributed by atoms with E-state index >= 15 is 0 Å². The van der Waals surface area contributed by atoms with Crippen molar-refractivity contribution in [2.24, 2.45) is 0 Å². The smallest absolute Gasteiger partial charge is 0.214 e. The first-order valence-corrected chi connectivity index (χ1v) is 4.76. The number of benzene rings is 1. The van der Waals surface area contributed by atoms with E-state index in [-0.39, 0.29) is 11.4 Å². The topological polar surface area (TPSA) is 46.3 Å². The molecule has 5 heteroatoms. The van der Waals surface area contributed by atoms with Gasteiger partial charge in [0, 0.05) is 17.7 Å². The predicted molar refractivity (Wildman–Crippen MR) is 59.1 cm³/mol. The van der Waals surface area contributed by atoms with E-state index in [1.807, 2.05) is 0 Å². The number of anilines is 2. The summed E-state index contributed by atoms with van der Waals surface area (Å²) in [6.45, 7) is 5.15. The molecule has 88 valence electrons. The molecular formula is C11H14F2N2O. The highest BCUT2D eigenvalue weighted by molar-refractivity contribution is 5.78. The van der Waals surface area contributed by atoms with E-state index in [1.54, 1.807) is 20.8 Å². The van der Waals surface area contributed by atoms with Gasteiger partial charge in [-0.25, -0.2) is 8.78 Å².